The molecule has 1 aromatic rings. The number of carbonyl (C=O) groups excluding carboxylic acids is 2. The topological polar surface area (TPSA) is 71.1 Å². The van der Waals surface area contributed by atoms with Gasteiger partial charge < -0.3 is 18.9 Å². The third-order valence-electron chi connectivity index (χ3n) is 2.30. The fourth-order valence-corrected chi connectivity index (χ4v) is 1.40. The van der Waals surface area contributed by atoms with Crippen LogP contribution in [0.3, 0.4) is 0 Å². The van der Waals surface area contributed by atoms with E-state index < -0.39 is 11.9 Å². The van der Waals surface area contributed by atoms with E-state index in [9.17, 15) is 9.59 Å². The molecule has 19 heavy (non-hydrogen) atoms. The first-order chi connectivity index (χ1) is 9.12. The van der Waals surface area contributed by atoms with E-state index in [0.717, 1.165) is 0 Å². The molecular weight excluding hydrogens is 252 g/mol. The number of hydrogen-bond donors (Lipinski definition) is 0. The van der Waals surface area contributed by atoms with Crippen LogP contribution in [0.4, 0.5) is 0 Å². The van der Waals surface area contributed by atoms with Gasteiger partial charge in [0.2, 0.25) is 0 Å². The van der Waals surface area contributed by atoms with Crippen LogP contribution in [0, 0.1) is 0 Å². The largest absolute Gasteiger partial charge is 0.491 e. The minimum Gasteiger partial charge on any atom is -0.491 e. The summed E-state index contributed by atoms with van der Waals surface area (Å²) in [5, 5.41) is 0. The minimum atomic E-state index is -0.553. The van der Waals surface area contributed by atoms with Gasteiger partial charge in [-0.25, -0.2) is 9.59 Å². The lowest BCUT2D eigenvalue weighted by Crippen LogP contribution is -2.09. The molecule has 6 nitrogen and oxygen atoms in total. The molecule has 0 radical (unpaired) electrons. The zero-order valence-electron chi connectivity index (χ0n) is 11.1. The molecule has 0 aromatic heterocycles. The van der Waals surface area contributed by atoms with Crippen LogP contribution in [0.25, 0.3) is 0 Å². The molecule has 0 aliphatic rings. The highest BCUT2D eigenvalue weighted by Gasteiger charge is 2.14. The van der Waals surface area contributed by atoms with Crippen LogP contribution in [0.2, 0.25) is 0 Å². The molecule has 104 valence electrons. The molecule has 0 amide bonds. The molecular formula is C13H16O6. The van der Waals surface area contributed by atoms with Crippen molar-refractivity contribution < 1.29 is 28.5 Å². The zero-order chi connectivity index (χ0) is 14.3. The van der Waals surface area contributed by atoms with E-state index in [4.69, 9.17) is 9.47 Å². The maximum atomic E-state index is 11.5. The van der Waals surface area contributed by atoms with Gasteiger partial charge in [-0.15, -0.1) is 0 Å². The van der Waals surface area contributed by atoms with Crippen molar-refractivity contribution >= 4 is 11.9 Å². The van der Waals surface area contributed by atoms with Crippen molar-refractivity contribution in [2.75, 3.05) is 34.5 Å². The van der Waals surface area contributed by atoms with Crippen molar-refractivity contribution in [2.24, 2.45) is 0 Å². The predicted octanol–water partition coefficient (Wildman–Crippen LogP) is 1.29. The summed E-state index contributed by atoms with van der Waals surface area (Å²) in [4.78, 5) is 23.0. The molecule has 0 spiro atoms. The van der Waals surface area contributed by atoms with E-state index in [2.05, 4.69) is 9.47 Å². The SMILES string of the molecule is COCCOc1cc(C(=O)OC)cc(C(=O)OC)c1. The van der Waals surface area contributed by atoms with E-state index in [0.29, 0.717) is 19.0 Å². The molecule has 0 unspecified atom stereocenters. The second-order valence-corrected chi connectivity index (χ2v) is 3.57. The number of esters is 2. The quantitative estimate of drug-likeness (QED) is 0.572. The maximum Gasteiger partial charge on any atom is 0.338 e. The highest BCUT2D eigenvalue weighted by molar-refractivity contribution is 5.96. The van der Waals surface area contributed by atoms with Gasteiger partial charge in [0, 0.05) is 7.11 Å². The summed E-state index contributed by atoms with van der Waals surface area (Å²) in [6.45, 7) is 0.706. The van der Waals surface area contributed by atoms with Crippen LogP contribution in [0.1, 0.15) is 20.7 Å². The number of rotatable bonds is 6. The molecule has 1 rings (SSSR count). The maximum absolute atomic E-state index is 11.5. The molecule has 0 bridgehead atoms. The monoisotopic (exact) mass is 268 g/mol. The summed E-state index contributed by atoms with van der Waals surface area (Å²) in [7, 11) is 4.07. The Hall–Kier alpha value is -2.08. The van der Waals surface area contributed by atoms with Crippen molar-refractivity contribution in [3.8, 4) is 5.75 Å². The molecule has 0 aliphatic heterocycles. The van der Waals surface area contributed by atoms with Crippen molar-refractivity contribution in [1.29, 1.82) is 0 Å². The number of benzene rings is 1. The average Bonchev–Trinajstić information content (AvgIpc) is 2.45. The number of hydrogen-bond acceptors (Lipinski definition) is 6. The molecule has 6 heteroatoms. The Labute approximate surface area is 111 Å². The minimum absolute atomic E-state index is 0.220. The lowest BCUT2D eigenvalue weighted by atomic mass is 10.1. The van der Waals surface area contributed by atoms with Gasteiger partial charge in [0.15, 0.2) is 0 Å². The molecule has 1 aromatic carbocycles. The normalized spacial score (nSPS) is 9.84. The van der Waals surface area contributed by atoms with E-state index in [1.807, 2.05) is 0 Å². The van der Waals surface area contributed by atoms with Gasteiger partial charge in [0.05, 0.1) is 32.0 Å². The molecule has 0 saturated heterocycles. The number of methoxy groups -OCH3 is 3. The summed E-state index contributed by atoms with van der Waals surface area (Å²) < 4.78 is 19.5. The van der Waals surface area contributed by atoms with Crippen molar-refractivity contribution in [1.82, 2.24) is 0 Å². The van der Waals surface area contributed by atoms with Gasteiger partial charge in [0.25, 0.3) is 0 Å². The number of ether oxygens (including phenoxy) is 4. The van der Waals surface area contributed by atoms with Crippen LogP contribution >= 0.6 is 0 Å². The molecule has 0 heterocycles. The Bertz CT molecular complexity index is 420. The molecule has 0 saturated carbocycles. The Morgan fingerprint density at radius 3 is 1.84 bits per heavy atom. The highest BCUT2D eigenvalue weighted by atomic mass is 16.5. The first kappa shape index (κ1) is 15.0. The molecule has 0 atom stereocenters. The van der Waals surface area contributed by atoms with E-state index in [1.54, 1.807) is 7.11 Å². The van der Waals surface area contributed by atoms with Gasteiger partial charge >= 0.3 is 11.9 Å². The smallest absolute Gasteiger partial charge is 0.338 e. The summed E-state index contributed by atoms with van der Waals surface area (Å²) in [6.07, 6.45) is 0. The third kappa shape index (κ3) is 4.26. The highest BCUT2D eigenvalue weighted by Crippen LogP contribution is 2.19. The fourth-order valence-electron chi connectivity index (χ4n) is 1.40. The first-order valence-corrected chi connectivity index (χ1v) is 5.55. The standard InChI is InChI=1S/C13H16O6/c1-16-4-5-19-11-7-9(12(14)17-2)6-10(8-11)13(15)18-3/h6-8H,4-5H2,1-3H3. The second kappa shape index (κ2) is 7.38. The van der Waals surface area contributed by atoms with Gasteiger partial charge in [-0.3, -0.25) is 0 Å². The van der Waals surface area contributed by atoms with Gasteiger partial charge in [-0.05, 0) is 18.2 Å². The lowest BCUT2D eigenvalue weighted by molar-refractivity contribution is 0.0598. The van der Waals surface area contributed by atoms with Crippen LogP contribution in [-0.4, -0.2) is 46.5 Å². The summed E-state index contributed by atoms with van der Waals surface area (Å²) in [6, 6.07) is 4.38. The summed E-state index contributed by atoms with van der Waals surface area (Å²) in [5.74, 6) is -0.731. The predicted molar refractivity (Wildman–Crippen MR) is 66.5 cm³/mol. The summed E-state index contributed by atoms with van der Waals surface area (Å²) in [5.41, 5.74) is 0.440. The van der Waals surface area contributed by atoms with Crippen LogP contribution < -0.4 is 4.74 Å². The zero-order valence-corrected chi connectivity index (χ0v) is 11.1. The first-order valence-electron chi connectivity index (χ1n) is 5.55. The Morgan fingerprint density at radius 2 is 1.42 bits per heavy atom. The number of carbonyl (C=O) groups is 2. The fraction of sp³-hybridized carbons (Fsp3) is 0.385. The third-order valence-corrected chi connectivity index (χ3v) is 2.30. The van der Waals surface area contributed by atoms with Gasteiger partial charge in [-0.2, -0.15) is 0 Å². The van der Waals surface area contributed by atoms with Crippen molar-refractivity contribution in [3.63, 3.8) is 0 Å². The van der Waals surface area contributed by atoms with E-state index in [-0.39, 0.29) is 11.1 Å². The van der Waals surface area contributed by atoms with E-state index in [1.165, 1.54) is 32.4 Å². The Kier molecular flexibility index (Phi) is 5.81. The van der Waals surface area contributed by atoms with Crippen LogP contribution in [-0.2, 0) is 14.2 Å². The molecule has 0 aliphatic carbocycles. The van der Waals surface area contributed by atoms with E-state index >= 15 is 0 Å². The average molecular weight is 268 g/mol. The van der Waals surface area contributed by atoms with Crippen molar-refractivity contribution in [2.45, 2.75) is 0 Å². The molecule has 0 N–H and O–H groups in total. The summed E-state index contributed by atoms with van der Waals surface area (Å²) >= 11 is 0. The lowest BCUT2D eigenvalue weighted by Gasteiger charge is -2.09. The van der Waals surface area contributed by atoms with Crippen LogP contribution in [0.5, 0.6) is 5.75 Å². The Morgan fingerprint density at radius 1 is 0.895 bits per heavy atom. The Balaban J connectivity index is 3.02. The van der Waals surface area contributed by atoms with Gasteiger partial charge in [-0.1, -0.05) is 0 Å². The second-order valence-electron chi connectivity index (χ2n) is 3.57. The molecule has 0 fully saturated rings. The van der Waals surface area contributed by atoms with Crippen molar-refractivity contribution in [3.05, 3.63) is 29.3 Å². The van der Waals surface area contributed by atoms with Gasteiger partial charge in [0.1, 0.15) is 12.4 Å². The van der Waals surface area contributed by atoms with Crippen LogP contribution in [0.15, 0.2) is 18.2 Å².